The smallest absolute Gasteiger partial charge is 0.265 e. The minimum absolute atomic E-state index is 0.100. The monoisotopic (exact) mass is 397 g/mol. The molecule has 0 radical (unpaired) electrons. The van der Waals surface area contributed by atoms with E-state index >= 15 is 0 Å². The van der Waals surface area contributed by atoms with E-state index in [-0.39, 0.29) is 11.1 Å². The molecular weight excluding hydrogens is 374 g/mol. The Balaban J connectivity index is 1.79. The minimum atomic E-state index is -0.419. The van der Waals surface area contributed by atoms with Gasteiger partial charge in [-0.3, -0.25) is 14.2 Å². The number of hydrogen-bond donors (Lipinski definition) is 1. The van der Waals surface area contributed by atoms with Crippen LogP contribution in [0.15, 0.2) is 71.7 Å². The molecule has 2 aromatic carbocycles. The van der Waals surface area contributed by atoms with Gasteiger partial charge in [-0.2, -0.15) is 0 Å². The van der Waals surface area contributed by atoms with E-state index in [0.717, 1.165) is 27.6 Å². The number of benzene rings is 2. The fraction of sp³-hybridized carbons (Fsp3) is 0.160. The molecule has 1 N–H and O–H groups in total. The van der Waals surface area contributed by atoms with Gasteiger partial charge in [-0.25, -0.2) is 4.98 Å². The predicted octanol–water partition coefficient (Wildman–Crippen LogP) is 4.62. The van der Waals surface area contributed by atoms with Crippen LogP contribution in [-0.4, -0.2) is 15.5 Å². The molecule has 30 heavy (non-hydrogen) atoms. The van der Waals surface area contributed by atoms with Gasteiger partial charge in [0.25, 0.3) is 11.5 Å². The fourth-order valence-corrected chi connectivity index (χ4v) is 3.45. The van der Waals surface area contributed by atoms with E-state index in [9.17, 15) is 9.59 Å². The number of hydrogen-bond acceptors (Lipinski definition) is 3. The van der Waals surface area contributed by atoms with Gasteiger partial charge in [-0.1, -0.05) is 42.0 Å². The topological polar surface area (TPSA) is 64.0 Å². The van der Waals surface area contributed by atoms with Crippen LogP contribution in [0.1, 0.15) is 32.6 Å². The molecule has 0 saturated carbocycles. The van der Waals surface area contributed by atoms with Crippen molar-refractivity contribution in [1.82, 2.24) is 9.55 Å². The molecule has 150 valence electrons. The van der Waals surface area contributed by atoms with Crippen molar-refractivity contribution in [3.8, 4) is 0 Å². The van der Waals surface area contributed by atoms with Crippen LogP contribution in [0.2, 0.25) is 0 Å². The zero-order chi connectivity index (χ0) is 21.3. The Bertz CT molecular complexity index is 1300. The van der Waals surface area contributed by atoms with Crippen LogP contribution < -0.4 is 10.9 Å². The van der Waals surface area contributed by atoms with E-state index < -0.39 is 5.91 Å². The summed E-state index contributed by atoms with van der Waals surface area (Å²) in [7, 11) is 0. The highest BCUT2D eigenvalue weighted by Gasteiger charge is 2.17. The van der Waals surface area contributed by atoms with Crippen molar-refractivity contribution in [1.29, 1.82) is 0 Å². The van der Waals surface area contributed by atoms with E-state index in [4.69, 9.17) is 0 Å². The first-order valence-corrected chi connectivity index (χ1v) is 9.85. The summed E-state index contributed by atoms with van der Waals surface area (Å²) >= 11 is 0. The van der Waals surface area contributed by atoms with Gasteiger partial charge in [0.05, 0.1) is 6.54 Å². The summed E-state index contributed by atoms with van der Waals surface area (Å²) in [6.07, 6.45) is 1.66. The number of fused-ring (bicyclic) bond motifs is 1. The number of nitrogens with one attached hydrogen (secondary N) is 1. The van der Waals surface area contributed by atoms with Crippen LogP contribution in [0.3, 0.4) is 0 Å². The highest BCUT2D eigenvalue weighted by atomic mass is 16.2. The number of aryl methyl sites for hydroxylation is 3. The van der Waals surface area contributed by atoms with Gasteiger partial charge in [0.1, 0.15) is 11.2 Å². The second-order valence-corrected chi connectivity index (χ2v) is 7.62. The van der Waals surface area contributed by atoms with Gasteiger partial charge in [0.15, 0.2) is 0 Å². The number of rotatable bonds is 4. The van der Waals surface area contributed by atoms with Crippen LogP contribution in [0, 0.1) is 20.8 Å². The minimum Gasteiger partial charge on any atom is -0.322 e. The van der Waals surface area contributed by atoms with Gasteiger partial charge in [-0.05, 0) is 61.7 Å². The summed E-state index contributed by atoms with van der Waals surface area (Å²) in [5.74, 6) is -0.419. The average molecular weight is 397 g/mol. The Morgan fingerprint density at radius 1 is 0.967 bits per heavy atom. The molecular formula is C25H23N3O2. The summed E-state index contributed by atoms with van der Waals surface area (Å²) < 4.78 is 1.57. The Hall–Kier alpha value is -3.73. The van der Waals surface area contributed by atoms with Crippen LogP contribution in [-0.2, 0) is 6.54 Å². The van der Waals surface area contributed by atoms with Crippen molar-refractivity contribution >= 4 is 22.6 Å². The number of nitrogens with zero attached hydrogens (tertiary/aromatic N) is 2. The van der Waals surface area contributed by atoms with Crippen molar-refractivity contribution in [2.75, 3.05) is 5.32 Å². The summed E-state index contributed by atoms with van der Waals surface area (Å²) in [5, 5.41) is 3.64. The fourth-order valence-electron chi connectivity index (χ4n) is 3.45. The molecule has 0 aliphatic heterocycles. The Labute approximate surface area is 175 Å². The molecule has 4 rings (SSSR count). The van der Waals surface area contributed by atoms with Crippen LogP contribution in [0.4, 0.5) is 5.69 Å². The quantitative estimate of drug-likeness (QED) is 0.546. The van der Waals surface area contributed by atoms with E-state index in [2.05, 4.69) is 10.3 Å². The van der Waals surface area contributed by atoms with E-state index in [1.165, 1.54) is 0 Å². The standard InChI is InChI=1S/C25H23N3O2/c1-16-7-10-19(11-8-16)15-28-23-20(5-4-12-26-23)14-21(25(28)30)24(29)27-22-13-17(2)6-9-18(22)3/h4-14H,15H2,1-3H3,(H,27,29). The Morgan fingerprint density at radius 2 is 1.70 bits per heavy atom. The number of carbonyl (C=O) groups excluding carboxylic acids is 1. The second kappa shape index (κ2) is 7.95. The van der Waals surface area contributed by atoms with Crippen molar-refractivity contribution < 1.29 is 4.79 Å². The molecule has 5 heteroatoms. The summed E-state index contributed by atoms with van der Waals surface area (Å²) in [4.78, 5) is 30.7. The Kier molecular flexibility index (Phi) is 5.19. The van der Waals surface area contributed by atoms with E-state index in [1.807, 2.05) is 69.3 Å². The normalized spacial score (nSPS) is 10.9. The molecule has 5 nitrogen and oxygen atoms in total. The van der Waals surface area contributed by atoms with Crippen LogP contribution >= 0.6 is 0 Å². The third-order valence-electron chi connectivity index (χ3n) is 5.20. The largest absolute Gasteiger partial charge is 0.322 e. The van der Waals surface area contributed by atoms with Crippen molar-refractivity contribution in [2.24, 2.45) is 0 Å². The molecule has 0 spiro atoms. The molecule has 0 aliphatic rings. The lowest BCUT2D eigenvalue weighted by atomic mass is 10.1. The highest BCUT2D eigenvalue weighted by molar-refractivity contribution is 6.06. The molecule has 0 unspecified atom stereocenters. The number of pyridine rings is 2. The lowest BCUT2D eigenvalue weighted by Crippen LogP contribution is -2.30. The first-order chi connectivity index (χ1) is 14.4. The molecule has 0 aliphatic carbocycles. The van der Waals surface area contributed by atoms with Gasteiger partial charge in [0, 0.05) is 17.3 Å². The molecule has 2 heterocycles. The van der Waals surface area contributed by atoms with Gasteiger partial charge >= 0.3 is 0 Å². The lowest BCUT2D eigenvalue weighted by molar-refractivity contribution is 0.102. The molecule has 0 fully saturated rings. The van der Waals surface area contributed by atoms with E-state index in [1.54, 1.807) is 22.9 Å². The summed E-state index contributed by atoms with van der Waals surface area (Å²) in [5.41, 5.74) is 5.11. The maximum absolute atomic E-state index is 13.3. The van der Waals surface area contributed by atoms with E-state index in [0.29, 0.717) is 17.9 Å². The first-order valence-electron chi connectivity index (χ1n) is 9.85. The number of amides is 1. The van der Waals surface area contributed by atoms with Crippen LogP contribution in [0.25, 0.3) is 11.0 Å². The lowest BCUT2D eigenvalue weighted by Gasteiger charge is -2.13. The third-order valence-corrected chi connectivity index (χ3v) is 5.20. The van der Waals surface area contributed by atoms with Crippen LogP contribution in [0.5, 0.6) is 0 Å². The molecule has 4 aromatic rings. The number of carbonyl (C=O) groups is 1. The maximum atomic E-state index is 13.3. The maximum Gasteiger partial charge on any atom is 0.265 e. The molecule has 0 saturated heterocycles. The van der Waals surface area contributed by atoms with Gasteiger partial charge in [-0.15, -0.1) is 0 Å². The molecule has 0 atom stereocenters. The molecule has 2 aromatic heterocycles. The van der Waals surface area contributed by atoms with Crippen molar-refractivity contribution in [3.05, 3.63) is 105 Å². The number of anilines is 1. The first kappa shape index (κ1) is 19.6. The SMILES string of the molecule is Cc1ccc(Cn2c(=O)c(C(=O)Nc3cc(C)ccc3C)cc3cccnc32)cc1. The zero-order valence-electron chi connectivity index (χ0n) is 17.3. The van der Waals surface area contributed by atoms with Gasteiger partial charge in [0.2, 0.25) is 0 Å². The third kappa shape index (κ3) is 3.87. The Morgan fingerprint density at radius 3 is 2.47 bits per heavy atom. The zero-order valence-corrected chi connectivity index (χ0v) is 17.3. The predicted molar refractivity (Wildman–Crippen MR) is 120 cm³/mol. The highest BCUT2D eigenvalue weighted by Crippen LogP contribution is 2.18. The van der Waals surface area contributed by atoms with Gasteiger partial charge < -0.3 is 5.32 Å². The second-order valence-electron chi connectivity index (χ2n) is 7.62. The summed E-state index contributed by atoms with van der Waals surface area (Å²) in [6.45, 7) is 6.25. The van der Waals surface area contributed by atoms with Crippen molar-refractivity contribution in [2.45, 2.75) is 27.3 Å². The molecule has 1 amide bonds. The molecule has 0 bridgehead atoms. The number of aromatic nitrogens is 2. The summed E-state index contributed by atoms with van der Waals surface area (Å²) in [6, 6.07) is 19.1. The average Bonchev–Trinajstić information content (AvgIpc) is 2.74. The van der Waals surface area contributed by atoms with Crippen molar-refractivity contribution in [3.63, 3.8) is 0 Å².